The van der Waals surface area contributed by atoms with Crippen LogP contribution in [0.2, 0.25) is 10.0 Å². The van der Waals surface area contributed by atoms with Gasteiger partial charge in [-0.2, -0.15) is 0 Å². The van der Waals surface area contributed by atoms with E-state index in [9.17, 15) is 0 Å². The van der Waals surface area contributed by atoms with Crippen molar-refractivity contribution < 1.29 is 0 Å². The maximum absolute atomic E-state index is 6.02. The topological polar surface area (TPSA) is 63.8 Å². The largest absolute Gasteiger partial charge is 0.382 e. The van der Waals surface area contributed by atoms with Gasteiger partial charge < -0.3 is 11.1 Å². The fourth-order valence-corrected chi connectivity index (χ4v) is 1.80. The quantitative estimate of drug-likeness (QED) is 0.904. The summed E-state index contributed by atoms with van der Waals surface area (Å²) >= 11 is 11.9. The highest BCUT2D eigenvalue weighted by Gasteiger charge is 2.10. The molecular formula is C12H12Cl2N4. The molecule has 94 valence electrons. The van der Waals surface area contributed by atoms with Gasteiger partial charge in [0.2, 0.25) is 0 Å². The van der Waals surface area contributed by atoms with E-state index in [-0.39, 0.29) is 11.9 Å². The van der Waals surface area contributed by atoms with Crippen LogP contribution in [0.3, 0.4) is 0 Å². The van der Waals surface area contributed by atoms with E-state index in [1.54, 1.807) is 0 Å². The van der Waals surface area contributed by atoms with Crippen molar-refractivity contribution in [2.45, 2.75) is 13.0 Å². The summed E-state index contributed by atoms with van der Waals surface area (Å²) in [6.07, 6.45) is 1.37. The summed E-state index contributed by atoms with van der Waals surface area (Å²) in [5.74, 6) is 0.782. The van der Waals surface area contributed by atoms with E-state index < -0.39 is 0 Å². The van der Waals surface area contributed by atoms with Gasteiger partial charge in [0.25, 0.3) is 0 Å². The molecule has 0 spiro atoms. The molecule has 2 aromatic rings. The van der Waals surface area contributed by atoms with Crippen molar-refractivity contribution in [1.82, 2.24) is 9.97 Å². The molecule has 0 saturated heterocycles. The van der Waals surface area contributed by atoms with Crippen LogP contribution in [-0.2, 0) is 0 Å². The number of nitrogens with one attached hydrogen (secondary N) is 1. The molecule has 1 aromatic heterocycles. The van der Waals surface area contributed by atoms with Gasteiger partial charge in [-0.15, -0.1) is 0 Å². The first kappa shape index (κ1) is 12.9. The van der Waals surface area contributed by atoms with Crippen LogP contribution in [0.15, 0.2) is 30.6 Å². The molecule has 18 heavy (non-hydrogen) atoms. The monoisotopic (exact) mass is 282 g/mol. The van der Waals surface area contributed by atoms with Crippen LogP contribution in [0.1, 0.15) is 18.5 Å². The van der Waals surface area contributed by atoms with Gasteiger partial charge in [0, 0.05) is 11.1 Å². The lowest BCUT2D eigenvalue weighted by Crippen LogP contribution is -2.09. The first-order valence-corrected chi connectivity index (χ1v) is 6.11. The number of hydrogen-bond acceptors (Lipinski definition) is 4. The molecule has 1 heterocycles. The molecule has 0 radical (unpaired) electrons. The Kier molecular flexibility index (Phi) is 3.89. The highest BCUT2D eigenvalue weighted by Crippen LogP contribution is 2.27. The molecule has 0 fully saturated rings. The minimum absolute atomic E-state index is 0.0362. The van der Waals surface area contributed by atoms with Gasteiger partial charge in [-0.3, -0.25) is 0 Å². The molecule has 0 amide bonds. The Bertz CT molecular complexity index is 542. The van der Waals surface area contributed by atoms with Crippen molar-refractivity contribution in [2.24, 2.45) is 0 Å². The SMILES string of the molecule is CC(Nc1ncnc(N)c1Cl)c1ccc(Cl)cc1. The number of nitrogen functional groups attached to an aromatic ring is 1. The minimum Gasteiger partial charge on any atom is -0.382 e. The molecule has 0 aliphatic rings. The second kappa shape index (κ2) is 5.42. The van der Waals surface area contributed by atoms with Crippen molar-refractivity contribution in [1.29, 1.82) is 0 Å². The van der Waals surface area contributed by atoms with E-state index in [0.717, 1.165) is 5.56 Å². The summed E-state index contributed by atoms with van der Waals surface area (Å²) in [5.41, 5.74) is 6.69. The van der Waals surface area contributed by atoms with Gasteiger partial charge in [-0.25, -0.2) is 9.97 Å². The van der Waals surface area contributed by atoms with Crippen molar-refractivity contribution >= 4 is 34.8 Å². The number of aromatic nitrogens is 2. The van der Waals surface area contributed by atoms with Crippen LogP contribution in [0, 0.1) is 0 Å². The maximum atomic E-state index is 6.02. The molecule has 0 aliphatic heterocycles. The Labute approximate surface area is 115 Å². The lowest BCUT2D eigenvalue weighted by Gasteiger charge is -2.16. The van der Waals surface area contributed by atoms with Gasteiger partial charge in [0.05, 0.1) is 0 Å². The molecule has 4 nitrogen and oxygen atoms in total. The Balaban J connectivity index is 2.18. The second-order valence-corrected chi connectivity index (χ2v) is 4.65. The highest BCUT2D eigenvalue weighted by molar-refractivity contribution is 6.35. The fraction of sp³-hybridized carbons (Fsp3) is 0.167. The molecule has 1 aromatic carbocycles. The van der Waals surface area contributed by atoms with E-state index >= 15 is 0 Å². The first-order chi connectivity index (χ1) is 8.58. The van der Waals surface area contributed by atoms with Crippen LogP contribution >= 0.6 is 23.2 Å². The fourth-order valence-electron chi connectivity index (χ4n) is 1.52. The zero-order valence-corrected chi connectivity index (χ0v) is 11.2. The molecule has 0 saturated carbocycles. The molecule has 1 unspecified atom stereocenters. The molecular weight excluding hydrogens is 271 g/mol. The lowest BCUT2D eigenvalue weighted by atomic mass is 10.1. The van der Waals surface area contributed by atoms with Gasteiger partial charge >= 0.3 is 0 Å². The predicted octanol–water partition coefficient (Wildman–Crippen LogP) is 3.54. The number of hydrogen-bond donors (Lipinski definition) is 2. The average molecular weight is 283 g/mol. The van der Waals surface area contributed by atoms with Gasteiger partial charge in [-0.05, 0) is 24.6 Å². The lowest BCUT2D eigenvalue weighted by molar-refractivity contribution is 0.872. The third-order valence-electron chi connectivity index (χ3n) is 2.54. The number of benzene rings is 1. The molecule has 0 bridgehead atoms. The second-order valence-electron chi connectivity index (χ2n) is 3.84. The average Bonchev–Trinajstić information content (AvgIpc) is 2.36. The van der Waals surface area contributed by atoms with Gasteiger partial charge in [0.1, 0.15) is 17.2 Å². The summed E-state index contributed by atoms with van der Waals surface area (Å²) in [4.78, 5) is 7.87. The number of nitrogens with zero attached hydrogens (tertiary/aromatic N) is 2. The van der Waals surface area contributed by atoms with E-state index in [0.29, 0.717) is 15.9 Å². The standard InChI is InChI=1S/C12H12Cl2N4/c1-7(8-2-4-9(13)5-3-8)18-12-10(14)11(15)16-6-17-12/h2-7H,1H3,(H3,15,16,17,18). The normalized spacial score (nSPS) is 12.2. The Hall–Kier alpha value is -1.52. The number of nitrogens with two attached hydrogens (primary N) is 1. The molecule has 3 N–H and O–H groups in total. The van der Waals surface area contributed by atoms with Gasteiger partial charge in [0.15, 0.2) is 5.82 Å². The number of halogens is 2. The van der Waals surface area contributed by atoms with Crippen LogP contribution < -0.4 is 11.1 Å². The van der Waals surface area contributed by atoms with Gasteiger partial charge in [-0.1, -0.05) is 35.3 Å². The first-order valence-electron chi connectivity index (χ1n) is 5.36. The van der Waals surface area contributed by atoms with Crippen molar-refractivity contribution in [3.05, 3.63) is 46.2 Å². The maximum Gasteiger partial charge on any atom is 0.150 e. The van der Waals surface area contributed by atoms with Crippen molar-refractivity contribution in [3.8, 4) is 0 Å². The smallest absolute Gasteiger partial charge is 0.150 e. The summed E-state index contributed by atoms with van der Waals surface area (Å²) in [6, 6.07) is 7.60. The van der Waals surface area contributed by atoms with Crippen LogP contribution in [0.25, 0.3) is 0 Å². The zero-order valence-electron chi connectivity index (χ0n) is 9.69. The van der Waals surface area contributed by atoms with Crippen molar-refractivity contribution in [3.63, 3.8) is 0 Å². The van der Waals surface area contributed by atoms with E-state index in [4.69, 9.17) is 28.9 Å². The molecule has 6 heteroatoms. The highest BCUT2D eigenvalue weighted by atomic mass is 35.5. The zero-order chi connectivity index (χ0) is 13.1. The summed E-state index contributed by atoms with van der Waals surface area (Å²) in [7, 11) is 0. The minimum atomic E-state index is 0.0362. The summed E-state index contributed by atoms with van der Waals surface area (Å²) in [6.45, 7) is 2.00. The molecule has 0 aliphatic carbocycles. The molecule has 1 atom stereocenters. The predicted molar refractivity (Wildman–Crippen MR) is 74.9 cm³/mol. The summed E-state index contributed by atoms with van der Waals surface area (Å²) in [5, 5.41) is 4.22. The van der Waals surface area contributed by atoms with Crippen molar-refractivity contribution in [2.75, 3.05) is 11.1 Å². The summed E-state index contributed by atoms with van der Waals surface area (Å²) < 4.78 is 0. The van der Waals surface area contributed by atoms with Crippen LogP contribution in [0.5, 0.6) is 0 Å². The Morgan fingerprint density at radius 2 is 1.83 bits per heavy atom. The number of anilines is 2. The van der Waals surface area contributed by atoms with E-state index in [1.165, 1.54) is 6.33 Å². The molecule has 2 rings (SSSR count). The van der Waals surface area contributed by atoms with Crippen LogP contribution in [-0.4, -0.2) is 9.97 Å². The Morgan fingerprint density at radius 1 is 1.17 bits per heavy atom. The van der Waals surface area contributed by atoms with Crippen LogP contribution in [0.4, 0.5) is 11.6 Å². The third kappa shape index (κ3) is 2.83. The third-order valence-corrected chi connectivity index (χ3v) is 3.16. The number of rotatable bonds is 3. The Morgan fingerprint density at radius 3 is 2.50 bits per heavy atom. The van der Waals surface area contributed by atoms with E-state index in [2.05, 4.69) is 15.3 Å². The van der Waals surface area contributed by atoms with E-state index in [1.807, 2.05) is 31.2 Å².